The molecule has 2 aromatic rings. The van der Waals surface area contributed by atoms with E-state index in [0.29, 0.717) is 16.8 Å². The Hall–Kier alpha value is -3.66. The van der Waals surface area contributed by atoms with Gasteiger partial charge in [-0.3, -0.25) is 9.59 Å². The third-order valence-corrected chi connectivity index (χ3v) is 3.82. The van der Waals surface area contributed by atoms with Crippen molar-refractivity contribution in [2.45, 2.75) is 12.8 Å². The molecule has 0 bridgehead atoms. The van der Waals surface area contributed by atoms with E-state index in [0.717, 1.165) is 25.9 Å². The lowest BCUT2D eigenvalue weighted by Crippen LogP contribution is -2.27. The number of aromatic nitrogens is 2. The SMILES string of the molecule is C#Cc1cnc(N)nc1.C=CC(=O)Nc1ccc(C(=O)N2CCCC2)cc1. The summed E-state index contributed by atoms with van der Waals surface area (Å²) in [6, 6.07) is 6.92. The van der Waals surface area contributed by atoms with Crippen molar-refractivity contribution in [2.24, 2.45) is 0 Å². The third kappa shape index (κ3) is 5.97. The van der Waals surface area contributed by atoms with Crippen molar-refractivity contribution >= 4 is 23.5 Å². The Kier molecular flexibility index (Phi) is 7.08. The van der Waals surface area contributed by atoms with E-state index < -0.39 is 0 Å². The fourth-order valence-corrected chi connectivity index (χ4v) is 2.40. The summed E-state index contributed by atoms with van der Waals surface area (Å²) >= 11 is 0. The molecule has 0 saturated carbocycles. The lowest BCUT2D eigenvalue weighted by Gasteiger charge is -2.15. The summed E-state index contributed by atoms with van der Waals surface area (Å²) in [5, 5.41) is 2.65. The number of likely N-dealkylation sites (tertiary alicyclic amines) is 1. The number of terminal acetylenes is 1. The maximum Gasteiger partial charge on any atom is 0.253 e. The first-order valence-corrected chi connectivity index (χ1v) is 8.40. The van der Waals surface area contributed by atoms with Crippen molar-refractivity contribution < 1.29 is 9.59 Å². The highest BCUT2D eigenvalue weighted by Gasteiger charge is 2.19. The highest BCUT2D eigenvalue weighted by atomic mass is 16.2. The zero-order chi connectivity index (χ0) is 19.6. The minimum atomic E-state index is -0.256. The predicted molar refractivity (Wildman–Crippen MR) is 105 cm³/mol. The van der Waals surface area contributed by atoms with Gasteiger partial charge in [0.1, 0.15) is 0 Å². The summed E-state index contributed by atoms with van der Waals surface area (Å²) in [7, 11) is 0. The van der Waals surface area contributed by atoms with Gasteiger partial charge in [-0.05, 0) is 43.2 Å². The summed E-state index contributed by atoms with van der Waals surface area (Å²) in [6.07, 6.45) is 11.4. The number of hydrogen-bond acceptors (Lipinski definition) is 5. The molecule has 1 saturated heterocycles. The third-order valence-electron chi connectivity index (χ3n) is 3.82. The van der Waals surface area contributed by atoms with Crippen LogP contribution in [0.4, 0.5) is 11.6 Å². The van der Waals surface area contributed by atoms with E-state index in [-0.39, 0.29) is 17.8 Å². The molecule has 1 aromatic heterocycles. The van der Waals surface area contributed by atoms with Crippen LogP contribution in [-0.2, 0) is 4.79 Å². The molecule has 2 amide bonds. The molecule has 3 rings (SSSR count). The summed E-state index contributed by atoms with van der Waals surface area (Å²) in [4.78, 5) is 32.4. The Bertz CT molecular complexity index is 832. The summed E-state index contributed by atoms with van der Waals surface area (Å²) in [5.41, 5.74) is 7.16. The lowest BCUT2D eigenvalue weighted by atomic mass is 10.2. The molecule has 3 N–H and O–H groups in total. The second-order valence-electron chi connectivity index (χ2n) is 5.74. The summed E-state index contributed by atoms with van der Waals surface area (Å²) in [6.45, 7) is 5.06. The van der Waals surface area contributed by atoms with Crippen LogP contribution in [0.2, 0.25) is 0 Å². The molecule has 1 aliphatic heterocycles. The quantitative estimate of drug-likeness (QED) is 0.642. The molecule has 0 aliphatic carbocycles. The molecule has 0 radical (unpaired) electrons. The number of nitrogens with zero attached hydrogens (tertiary/aromatic N) is 3. The van der Waals surface area contributed by atoms with E-state index >= 15 is 0 Å². The molecule has 1 aromatic carbocycles. The molecule has 138 valence electrons. The molecule has 7 heteroatoms. The first kappa shape index (κ1) is 19.7. The number of nitrogens with two attached hydrogens (primary N) is 1. The fourth-order valence-electron chi connectivity index (χ4n) is 2.40. The van der Waals surface area contributed by atoms with Gasteiger partial charge in [-0.25, -0.2) is 9.97 Å². The van der Waals surface area contributed by atoms with Gasteiger partial charge >= 0.3 is 0 Å². The van der Waals surface area contributed by atoms with E-state index in [1.165, 1.54) is 18.5 Å². The van der Waals surface area contributed by atoms with Gasteiger partial charge in [0.05, 0.1) is 5.56 Å². The zero-order valence-electron chi connectivity index (χ0n) is 14.9. The summed E-state index contributed by atoms with van der Waals surface area (Å²) in [5.74, 6) is 2.43. The van der Waals surface area contributed by atoms with Crippen molar-refractivity contribution in [1.29, 1.82) is 0 Å². The van der Waals surface area contributed by atoms with Crippen molar-refractivity contribution in [3.8, 4) is 12.3 Å². The second kappa shape index (κ2) is 9.73. The van der Waals surface area contributed by atoms with Crippen LogP contribution in [0.25, 0.3) is 0 Å². The molecular formula is C20H21N5O2. The smallest absolute Gasteiger partial charge is 0.253 e. The molecule has 1 fully saturated rings. The van der Waals surface area contributed by atoms with Gasteiger partial charge < -0.3 is 16.0 Å². The molecule has 27 heavy (non-hydrogen) atoms. The largest absolute Gasteiger partial charge is 0.368 e. The second-order valence-corrected chi connectivity index (χ2v) is 5.74. The van der Waals surface area contributed by atoms with Crippen molar-refractivity contribution in [3.05, 3.63) is 60.4 Å². The number of carbonyl (C=O) groups excluding carboxylic acids is 2. The van der Waals surface area contributed by atoms with Crippen LogP contribution in [0.15, 0.2) is 49.3 Å². The monoisotopic (exact) mass is 363 g/mol. The van der Waals surface area contributed by atoms with Crippen LogP contribution < -0.4 is 11.1 Å². The normalized spacial score (nSPS) is 12.3. The van der Waals surface area contributed by atoms with Crippen molar-refractivity contribution in [3.63, 3.8) is 0 Å². The van der Waals surface area contributed by atoms with Gasteiger partial charge in [-0.15, -0.1) is 6.42 Å². The number of nitrogen functional groups attached to an aromatic ring is 1. The van der Waals surface area contributed by atoms with Gasteiger partial charge in [0, 0.05) is 36.7 Å². The maximum absolute atomic E-state index is 12.1. The van der Waals surface area contributed by atoms with E-state index in [2.05, 4.69) is 27.8 Å². The molecular weight excluding hydrogens is 342 g/mol. The van der Waals surface area contributed by atoms with Gasteiger partial charge in [0.2, 0.25) is 11.9 Å². The number of amides is 2. The number of anilines is 2. The Morgan fingerprint density at radius 2 is 1.78 bits per heavy atom. The van der Waals surface area contributed by atoms with E-state index in [1.807, 2.05) is 4.90 Å². The van der Waals surface area contributed by atoms with Crippen LogP contribution in [0.1, 0.15) is 28.8 Å². The fraction of sp³-hybridized carbons (Fsp3) is 0.200. The average molecular weight is 363 g/mol. The predicted octanol–water partition coefficient (Wildman–Crippen LogP) is 2.09. The number of rotatable bonds is 3. The average Bonchev–Trinajstić information content (AvgIpc) is 3.24. The van der Waals surface area contributed by atoms with Crippen LogP contribution in [-0.4, -0.2) is 39.8 Å². The minimum absolute atomic E-state index is 0.0640. The van der Waals surface area contributed by atoms with E-state index in [1.54, 1.807) is 24.3 Å². The van der Waals surface area contributed by atoms with Crippen molar-refractivity contribution in [2.75, 3.05) is 24.1 Å². The highest BCUT2D eigenvalue weighted by molar-refractivity contribution is 5.99. The van der Waals surface area contributed by atoms with Gasteiger partial charge in [-0.1, -0.05) is 12.5 Å². The van der Waals surface area contributed by atoms with Crippen LogP contribution >= 0.6 is 0 Å². The minimum Gasteiger partial charge on any atom is -0.368 e. The van der Waals surface area contributed by atoms with E-state index in [9.17, 15) is 9.59 Å². The first-order chi connectivity index (χ1) is 13.0. The van der Waals surface area contributed by atoms with Gasteiger partial charge in [0.25, 0.3) is 5.91 Å². The van der Waals surface area contributed by atoms with Gasteiger partial charge in [0.15, 0.2) is 0 Å². The molecule has 0 spiro atoms. The maximum atomic E-state index is 12.1. The topological polar surface area (TPSA) is 101 Å². The lowest BCUT2D eigenvalue weighted by molar-refractivity contribution is -0.111. The number of carbonyl (C=O) groups is 2. The standard InChI is InChI=1S/C14H16N2O2.C6H5N3/c1-2-13(17)15-12-7-5-11(6-8-12)14(18)16-9-3-4-10-16;1-2-5-3-8-6(7)9-4-5/h2,5-8H,1,3-4,9-10H2,(H,15,17);1,3-4H,(H2,7,8,9). The molecule has 1 aliphatic rings. The van der Waals surface area contributed by atoms with E-state index in [4.69, 9.17) is 12.2 Å². The van der Waals surface area contributed by atoms with Gasteiger partial charge in [-0.2, -0.15) is 0 Å². The highest BCUT2D eigenvalue weighted by Crippen LogP contribution is 2.15. The Morgan fingerprint density at radius 3 is 2.30 bits per heavy atom. The molecule has 0 unspecified atom stereocenters. The first-order valence-electron chi connectivity index (χ1n) is 8.40. The Labute approximate surface area is 158 Å². The Balaban J connectivity index is 0.000000244. The number of hydrogen-bond donors (Lipinski definition) is 2. The molecule has 0 atom stereocenters. The zero-order valence-corrected chi connectivity index (χ0v) is 14.9. The molecule has 7 nitrogen and oxygen atoms in total. The van der Waals surface area contributed by atoms with Crippen LogP contribution in [0.5, 0.6) is 0 Å². The summed E-state index contributed by atoms with van der Waals surface area (Å²) < 4.78 is 0. The van der Waals surface area contributed by atoms with Crippen molar-refractivity contribution in [1.82, 2.24) is 14.9 Å². The Morgan fingerprint density at radius 1 is 1.19 bits per heavy atom. The van der Waals surface area contributed by atoms with Crippen LogP contribution in [0, 0.1) is 12.3 Å². The van der Waals surface area contributed by atoms with Crippen LogP contribution in [0.3, 0.4) is 0 Å². The molecule has 2 heterocycles. The number of nitrogens with one attached hydrogen (secondary N) is 1. The number of benzene rings is 1.